The Bertz CT molecular complexity index is 3360. The maximum atomic E-state index is 14.3. The molecule has 0 bridgehead atoms. The molecule has 0 spiro atoms. The number of hydrogen-bond acceptors (Lipinski definition) is 9. The predicted octanol–water partition coefficient (Wildman–Crippen LogP) is 10.2. The molecule has 332 valence electrons. The van der Waals surface area contributed by atoms with Gasteiger partial charge in [0.1, 0.15) is 11.6 Å². The smallest absolute Gasteiger partial charge is 0.335 e. The average Bonchev–Trinajstić information content (AvgIpc) is 3.97. The number of nitrogens with one attached hydrogen (secondary N) is 3. The van der Waals surface area contributed by atoms with Crippen molar-refractivity contribution in [1.29, 1.82) is 0 Å². The summed E-state index contributed by atoms with van der Waals surface area (Å²) in [6.07, 6.45) is 10.7. The lowest BCUT2D eigenvalue weighted by Crippen LogP contribution is -2.23. The Labute approximate surface area is 386 Å². The van der Waals surface area contributed by atoms with E-state index < -0.39 is 11.8 Å². The van der Waals surface area contributed by atoms with Crippen molar-refractivity contribution in [1.82, 2.24) is 45.6 Å². The van der Waals surface area contributed by atoms with Gasteiger partial charge in [0.2, 0.25) is 0 Å². The summed E-state index contributed by atoms with van der Waals surface area (Å²) in [5, 5.41) is 29.6. The molecular weight excluding hydrogens is 886 g/mol. The van der Waals surface area contributed by atoms with Crippen LogP contribution in [0.2, 0.25) is 10.0 Å². The van der Waals surface area contributed by atoms with Crippen LogP contribution in [0.25, 0.3) is 43.6 Å². The normalized spacial score (nSPS) is 10.8. The topological polar surface area (TPSA) is 201 Å². The van der Waals surface area contributed by atoms with E-state index in [4.69, 9.17) is 34.0 Å². The SMILES string of the molecule is C.NCc1cc2cn[nH]c2cc1F.O=C(NCc1cc2cn[nH]c2cc1F)c1ccnc(Cc2ccc3ncc(Cl)cc3c2)c1.O=C(O)c1ccnc(Cc2ccc3ncc(Cl)cc3c2)c1. The summed E-state index contributed by atoms with van der Waals surface area (Å²) in [6, 6.07) is 28.1. The largest absolute Gasteiger partial charge is 0.478 e. The molecule has 6 N–H and O–H groups in total. The van der Waals surface area contributed by atoms with Crippen LogP contribution in [0.5, 0.6) is 0 Å². The number of carboxylic acids is 1. The van der Waals surface area contributed by atoms with Gasteiger partial charge in [0.25, 0.3) is 5.91 Å². The van der Waals surface area contributed by atoms with Gasteiger partial charge in [-0.2, -0.15) is 10.2 Å². The van der Waals surface area contributed by atoms with E-state index in [0.29, 0.717) is 56.3 Å². The maximum absolute atomic E-state index is 14.3. The highest BCUT2D eigenvalue weighted by atomic mass is 35.5. The van der Waals surface area contributed by atoms with Crippen molar-refractivity contribution in [2.75, 3.05) is 0 Å². The Kier molecular flexibility index (Phi) is 14.6. The number of amides is 1. The highest BCUT2D eigenvalue weighted by molar-refractivity contribution is 6.31. The van der Waals surface area contributed by atoms with Crippen molar-refractivity contribution >= 4 is 78.7 Å². The molecule has 0 radical (unpaired) electrons. The summed E-state index contributed by atoms with van der Waals surface area (Å²) >= 11 is 12.0. The Morgan fingerprint density at radius 1 is 0.606 bits per heavy atom. The molecule has 0 aliphatic carbocycles. The van der Waals surface area contributed by atoms with Crippen molar-refractivity contribution in [2.24, 2.45) is 5.73 Å². The third-order valence-corrected chi connectivity index (χ3v) is 10.6. The number of carbonyl (C=O) groups is 2. The van der Waals surface area contributed by atoms with Crippen LogP contribution in [-0.4, -0.2) is 57.3 Å². The zero-order valence-electron chi connectivity index (χ0n) is 34.1. The lowest BCUT2D eigenvalue weighted by Gasteiger charge is -2.08. The minimum Gasteiger partial charge on any atom is -0.478 e. The Hall–Kier alpha value is -7.72. The molecule has 0 saturated heterocycles. The third-order valence-electron chi connectivity index (χ3n) is 10.2. The first kappa shape index (κ1) is 46.3. The number of nitrogens with zero attached hydrogens (tertiary/aromatic N) is 6. The van der Waals surface area contributed by atoms with E-state index in [1.165, 1.54) is 24.4 Å². The summed E-state index contributed by atoms with van der Waals surface area (Å²) in [5.74, 6) is -1.93. The van der Waals surface area contributed by atoms with Gasteiger partial charge >= 0.3 is 5.97 Å². The first-order valence-electron chi connectivity index (χ1n) is 19.9. The second-order valence-corrected chi connectivity index (χ2v) is 15.7. The molecule has 17 heteroatoms. The molecule has 10 aromatic rings. The number of carboxylic acid groups (broad SMARTS) is 1. The number of nitrogens with two attached hydrogens (primary N) is 1. The molecule has 1 amide bonds. The molecule has 66 heavy (non-hydrogen) atoms. The first-order valence-corrected chi connectivity index (χ1v) is 20.7. The molecule has 10 rings (SSSR count). The standard InChI is InChI=1S/C24H17ClFN5O.C16H11ClN2O2.C8H8FN3.CH4/c25-19-8-16-5-14(1-2-22(16)28-13-19)6-20-9-15(3-4-27-20)24(32)29-11-17-7-18-12-30-31-23(18)10-21(17)26;17-13-7-12-5-10(1-2-15(12)19-9-13)6-14-8-11(16(20)21)3-4-18-14;9-7-2-8-6(4-11-12-8)1-5(7)3-10;/h1-5,7-10,12-13H,6,11H2,(H,29,32)(H,30,31);1-5,7-9H,6H2,(H,20,21);1-2,4H,3,10H2,(H,11,12);1H4. The van der Waals surface area contributed by atoms with Crippen LogP contribution in [0.4, 0.5) is 8.78 Å². The molecule has 13 nitrogen and oxygen atoms in total. The summed E-state index contributed by atoms with van der Waals surface area (Å²) < 4.78 is 27.3. The van der Waals surface area contributed by atoms with Gasteiger partial charge in [-0.05, 0) is 96.1 Å². The van der Waals surface area contributed by atoms with E-state index in [-0.39, 0.29) is 37.8 Å². The fourth-order valence-electron chi connectivity index (χ4n) is 6.96. The summed E-state index contributed by atoms with van der Waals surface area (Å²) in [7, 11) is 0. The van der Waals surface area contributed by atoms with E-state index in [1.807, 2.05) is 48.5 Å². The molecule has 0 aliphatic rings. The van der Waals surface area contributed by atoms with Crippen LogP contribution in [0.1, 0.15) is 61.8 Å². The number of H-pyrrole nitrogens is 2. The van der Waals surface area contributed by atoms with Crippen LogP contribution >= 0.6 is 23.2 Å². The molecular formula is C49H40Cl2F2N10O3. The Balaban J connectivity index is 0.000000163. The highest BCUT2D eigenvalue weighted by Gasteiger charge is 2.12. The number of fused-ring (bicyclic) bond motifs is 4. The molecule has 4 aromatic carbocycles. The minimum atomic E-state index is -0.951. The van der Waals surface area contributed by atoms with Crippen LogP contribution in [0, 0.1) is 11.6 Å². The van der Waals surface area contributed by atoms with Crippen LogP contribution < -0.4 is 11.1 Å². The summed E-state index contributed by atoms with van der Waals surface area (Å²) in [4.78, 5) is 40.8. The van der Waals surface area contributed by atoms with Crippen molar-refractivity contribution in [2.45, 2.75) is 33.4 Å². The van der Waals surface area contributed by atoms with Gasteiger partial charge in [-0.3, -0.25) is 34.9 Å². The fourth-order valence-corrected chi connectivity index (χ4v) is 7.30. The van der Waals surface area contributed by atoms with Gasteiger partial charge in [-0.1, -0.05) is 42.8 Å². The average molecular weight is 926 g/mol. The second kappa shape index (κ2) is 20.9. The Morgan fingerprint density at radius 2 is 1.11 bits per heavy atom. The minimum absolute atomic E-state index is 0. The maximum Gasteiger partial charge on any atom is 0.335 e. The van der Waals surface area contributed by atoms with Crippen molar-refractivity contribution in [3.05, 3.63) is 201 Å². The number of pyridine rings is 4. The summed E-state index contributed by atoms with van der Waals surface area (Å²) in [6.45, 7) is 0.287. The van der Waals surface area contributed by atoms with Gasteiger partial charge in [0.05, 0.1) is 50.1 Å². The number of hydrogen-bond donors (Lipinski definition) is 5. The zero-order valence-corrected chi connectivity index (χ0v) is 35.6. The van der Waals surface area contributed by atoms with E-state index >= 15 is 0 Å². The van der Waals surface area contributed by atoms with Gasteiger partial charge in [-0.25, -0.2) is 13.6 Å². The number of halogens is 4. The lowest BCUT2D eigenvalue weighted by atomic mass is 10.0. The molecule has 0 saturated carbocycles. The van der Waals surface area contributed by atoms with Crippen LogP contribution in [0.3, 0.4) is 0 Å². The van der Waals surface area contributed by atoms with E-state index in [0.717, 1.165) is 49.4 Å². The zero-order chi connectivity index (χ0) is 45.5. The molecule has 0 unspecified atom stereocenters. The van der Waals surface area contributed by atoms with E-state index in [1.54, 1.807) is 61.3 Å². The van der Waals surface area contributed by atoms with Gasteiger partial charge in [-0.15, -0.1) is 0 Å². The number of rotatable bonds is 9. The van der Waals surface area contributed by atoms with Gasteiger partial charge < -0.3 is 16.2 Å². The molecule has 6 aromatic heterocycles. The number of benzene rings is 4. The molecule has 0 fully saturated rings. The van der Waals surface area contributed by atoms with E-state index in [2.05, 4.69) is 45.6 Å². The fraction of sp³-hybridized carbons (Fsp3) is 0.102. The predicted molar refractivity (Wildman–Crippen MR) is 252 cm³/mol. The summed E-state index contributed by atoms with van der Waals surface area (Å²) in [5.41, 5.74) is 13.5. The third kappa shape index (κ3) is 11.3. The van der Waals surface area contributed by atoms with Gasteiger partial charge in [0.15, 0.2) is 0 Å². The number of aromatic nitrogens is 8. The Morgan fingerprint density at radius 3 is 1.64 bits per heavy atom. The molecule has 0 atom stereocenters. The number of aromatic amines is 2. The first-order chi connectivity index (χ1) is 31.5. The van der Waals surface area contributed by atoms with Crippen molar-refractivity contribution in [3.63, 3.8) is 0 Å². The highest BCUT2D eigenvalue weighted by Crippen LogP contribution is 2.23. The van der Waals surface area contributed by atoms with E-state index in [9.17, 15) is 18.4 Å². The monoisotopic (exact) mass is 924 g/mol. The molecule has 0 aliphatic heterocycles. The van der Waals surface area contributed by atoms with Crippen molar-refractivity contribution in [3.8, 4) is 0 Å². The van der Waals surface area contributed by atoms with Crippen LogP contribution in [0.15, 0.2) is 134 Å². The number of carbonyl (C=O) groups excluding carboxylic acids is 1. The van der Waals surface area contributed by atoms with Crippen LogP contribution in [-0.2, 0) is 25.9 Å². The number of aromatic carboxylic acids is 1. The van der Waals surface area contributed by atoms with Gasteiger partial charge in [0, 0.05) is 100 Å². The van der Waals surface area contributed by atoms with Crippen molar-refractivity contribution < 1.29 is 23.5 Å². The second-order valence-electron chi connectivity index (χ2n) is 14.8. The quantitative estimate of drug-likeness (QED) is 0.0927. The molecule has 6 heterocycles. The lowest BCUT2D eigenvalue weighted by molar-refractivity contribution is 0.0696.